The van der Waals surface area contributed by atoms with E-state index in [9.17, 15) is 13.2 Å². The Morgan fingerprint density at radius 2 is 1.91 bits per heavy atom. The first-order valence-electron chi connectivity index (χ1n) is 7.54. The molecule has 22 heavy (non-hydrogen) atoms. The van der Waals surface area contributed by atoms with Crippen LogP contribution in [0.25, 0.3) is 0 Å². The minimum absolute atomic E-state index is 0.114. The van der Waals surface area contributed by atoms with Gasteiger partial charge in [-0.15, -0.1) is 0 Å². The molecule has 1 heterocycles. The van der Waals surface area contributed by atoms with Crippen LogP contribution < -0.4 is 10.5 Å². The normalized spacial score (nSPS) is 20.3. The van der Waals surface area contributed by atoms with Gasteiger partial charge in [-0.1, -0.05) is 30.3 Å². The highest BCUT2D eigenvalue weighted by Gasteiger charge is 2.40. The zero-order valence-electron chi connectivity index (χ0n) is 12.3. The van der Waals surface area contributed by atoms with Crippen LogP contribution >= 0.6 is 0 Å². The van der Waals surface area contributed by atoms with Gasteiger partial charge in [0, 0.05) is 19.1 Å². The number of rotatable bonds is 5. The topological polar surface area (TPSA) is 92.5 Å². The van der Waals surface area contributed by atoms with Crippen molar-refractivity contribution in [3.05, 3.63) is 35.9 Å². The Morgan fingerprint density at radius 3 is 2.45 bits per heavy atom. The van der Waals surface area contributed by atoms with Gasteiger partial charge in [0.1, 0.15) is 5.25 Å². The van der Waals surface area contributed by atoms with E-state index in [1.165, 1.54) is 10.5 Å². The van der Waals surface area contributed by atoms with Crippen molar-refractivity contribution in [2.24, 2.45) is 11.1 Å². The first kappa shape index (κ1) is 15.3. The van der Waals surface area contributed by atoms with Gasteiger partial charge in [0.25, 0.3) is 0 Å². The van der Waals surface area contributed by atoms with E-state index < -0.39 is 15.3 Å². The number of benzene rings is 1. The molecule has 2 fully saturated rings. The molecule has 120 valence electrons. The third kappa shape index (κ3) is 3.59. The fourth-order valence-electron chi connectivity index (χ4n) is 2.76. The van der Waals surface area contributed by atoms with Crippen molar-refractivity contribution in [2.75, 3.05) is 13.1 Å². The lowest BCUT2D eigenvalue weighted by Gasteiger charge is -2.38. The van der Waals surface area contributed by atoms with Gasteiger partial charge in [0.05, 0.1) is 0 Å². The predicted octanol–water partition coefficient (Wildman–Crippen LogP) is 0.690. The number of carbonyl (C=O) groups excluding carboxylic acids is 1. The number of amides is 2. The van der Waals surface area contributed by atoms with Crippen molar-refractivity contribution in [1.29, 1.82) is 0 Å². The van der Waals surface area contributed by atoms with Gasteiger partial charge in [0.2, 0.25) is 10.0 Å². The smallest absolute Gasteiger partial charge is 0.317 e. The molecule has 3 N–H and O–H groups in total. The number of sulfonamides is 1. The standard InChI is InChI=1S/C15H21N3O3S/c16-22(20,21)13-9-18(10-13)15(19)17-14(12-6-7-12)8-11-4-2-1-3-5-11/h1-5,12-14H,6-10H2,(H,17,19)(H2,16,20,21). The third-order valence-electron chi connectivity index (χ3n) is 4.40. The molecule has 3 rings (SSSR count). The monoisotopic (exact) mass is 323 g/mol. The Balaban J connectivity index is 1.55. The van der Waals surface area contributed by atoms with Crippen LogP contribution in [0.5, 0.6) is 0 Å². The molecule has 2 aliphatic rings. The van der Waals surface area contributed by atoms with E-state index >= 15 is 0 Å². The second-order valence-electron chi connectivity index (χ2n) is 6.20. The quantitative estimate of drug-likeness (QED) is 0.835. The van der Waals surface area contributed by atoms with E-state index in [0.717, 1.165) is 19.3 Å². The Morgan fingerprint density at radius 1 is 1.27 bits per heavy atom. The second-order valence-corrected chi connectivity index (χ2v) is 8.04. The highest BCUT2D eigenvalue weighted by atomic mass is 32.2. The van der Waals surface area contributed by atoms with Gasteiger partial charge in [0.15, 0.2) is 0 Å². The van der Waals surface area contributed by atoms with Crippen molar-refractivity contribution in [2.45, 2.75) is 30.6 Å². The number of primary sulfonamides is 1. The van der Waals surface area contributed by atoms with Crippen molar-refractivity contribution < 1.29 is 13.2 Å². The summed E-state index contributed by atoms with van der Waals surface area (Å²) in [6, 6.07) is 10.0. The summed E-state index contributed by atoms with van der Waals surface area (Å²) in [5.74, 6) is 0.527. The number of nitrogens with zero attached hydrogens (tertiary/aromatic N) is 1. The number of nitrogens with two attached hydrogens (primary N) is 1. The Hall–Kier alpha value is -1.60. The van der Waals surface area contributed by atoms with Crippen molar-refractivity contribution in [3.8, 4) is 0 Å². The van der Waals surface area contributed by atoms with Crippen molar-refractivity contribution in [1.82, 2.24) is 10.2 Å². The molecule has 1 aromatic rings. The maximum absolute atomic E-state index is 12.2. The lowest BCUT2D eigenvalue weighted by Crippen LogP contribution is -2.62. The molecule has 1 atom stereocenters. The van der Waals surface area contributed by atoms with Crippen LogP contribution in [0, 0.1) is 5.92 Å². The molecule has 1 saturated heterocycles. The second kappa shape index (κ2) is 5.89. The molecule has 1 aliphatic heterocycles. The zero-order chi connectivity index (χ0) is 15.7. The Kier molecular flexibility index (Phi) is 4.10. The fourth-order valence-corrected chi connectivity index (χ4v) is 3.54. The predicted molar refractivity (Wildman–Crippen MR) is 83.7 cm³/mol. The molecule has 2 amide bonds. The number of carbonyl (C=O) groups is 1. The summed E-state index contributed by atoms with van der Waals surface area (Å²) >= 11 is 0. The molecule has 1 unspecified atom stereocenters. The molecule has 6 nitrogen and oxygen atoms in total. The minimum Gasteiger partial charge on any atom is -0.335 e. The van der Waals surface area contributed by atoms with Crippen LogP contribution in [0.2, 0.25) is 0 Å². The van der Waals surface area contributed by atoms with Gasteiger partial charge in [-0.05, 0) is 30.7 Å². The summed E-state index contributed by atoms with van der Waals surface area (Å²) in [4.78, 5) is 13.7. The molecular formula is C15H21N3O3S. The summed E-state index contributed by atoms with van der Waals surface area (Å²) in [5, 5.41) is 7.51. The van der Waals surface area contributed by atoms with Crippen LogP contribution in [0.1, 0.15) is 18.4 Å². The van der Waals surface area contributed by atoms with Gasteiger partial charge in [-0.2, -0.15) is 0 Å². The van der Waals surface area contributed by atoms with Gasteiger partial charge >= 0.3 is 6.03 Å². The van der Waals surface area contributed by atoms with Crippen LogP contribution in [0.4, 0.5) is 4.79 Å². The maximum atomic E-state index is 12.2. The number of hydrogen-bond donors (Lipinski definition) is 2. The highest BCUT2D eigenvalue weighted by molar-refractivity contribution is 7.89. The van der Waals surface area contributed by atoms with E-state index in [0.29, 0.717) is 5.92 Å². The fraction of sp³-hybridized carbons (Fsp3) is 0.533. The lowest BCUT2D eigenvalue weighted by atomic mass is 10.0. The average Bonchev–Trinajstić information content (AvgIpc) is 3.19. The van der Waals surface area contributed by atoms with Gasteiger partial charge in [-0.25, -0.2) is 18.4 Å². The largest absolute Gasteiger partial charge is 0.335 e. The van der Waals surface area contributed by atoms with E-state index in [2.05, 4.69) is 17.4 Å². The molecule has 0 radical (unpaired) electrons. The lowest BCUT2D eigenvalue weighted by molar-refractivity contribution is 0.164. The Labute approximate surface area is 130 Å². The molecular weight excluding hydrogens is 302 g/mol. The molecule has 0 bridgehead atoms. The number of nitrogens with one attached hydrogen (secondary N) is 1. The first-order chi connectivity index (χ1) is 10.4. The summed E-state index contributed by atoms with van der Waals surface area (Å²) in [6.07, 6.45) is 3.08. The molecule has 1 aromatic carbocycles. The SMILES string of the molecule is NS(=O)(=O)C1CN(C(=O)NC(Cc2ccccc2)C2CC2)C1. The van der Waals surface area contributed by atoms with E-state index in [1.54, 1.807) is 0 Å². The minimum atomic E-state index is -3.54. The molecule has 1 aliphatic carbocycles. The highest BCUT2D eigenvalue weighted by Crippen LogP contribution is 2.34. The van der Waals surface area contributed by atoms with Crippen LogP contribution in [0.15, 0.2) is 30.3 Å². The van der Waals surface area contributed by atoms with E-state index in [1.807, 2.05) is 18.2 Å². The van der Waals surface area contributed by atoms with Crippen LogP contribution in [0.3, 0.4) is 0 Å². The number of hydrogen-bond acceptors (Lipinski definition) is 3. The number of likely N-dealkylation sites (tertiary alicyclic amines) is 1. The molecule has 1 saturated carbocycles. The third-order valence-corrected chi connectivity index (χ3v) is 5.63. The summed E-state index contributed by atoms with van der Waals surface area (Å²) in [7, 11) is -3.54. The van der Waals surface area contributed by atoms with Crippen molar-refractivity contribution in [3.63, 3.8) is 0 Å². The molecule has 7 heteroatoms. The summed E-state index contributed by atoms with van der Waals surface area (Å²) in [6.45, 7) is 0.376. The molecule has 0 aromatic heterocycles. The van der Waals surface area contributed by atoms with Crippen LogP contribution in [-0.4, -0.2) is 43.7 Å². The maximum Gasteiger partial charge on any atom is 0.317 e. The summed E-state index contributed by atoms with van der Waals surface area (Å²) in [5.41, 5.74) is 1.20. The zero-order valence-corrected chi connectivity index (χ0v) is 13.1. The number of urea groups is 1. The first-order valence-corrected chi connectivity index (χ1v) is 9.15. The summed E-state index contributed by atoms with van der Waals surface area (Å²) < 4.78 is 22.4. The van der Waals surface area contributed by atoms with E-state index in [-0.39, 0.29) is 25.2 Å². The van der Waals surface area contributed by atoms with Crippen molar-refractivity contribution >= 4 is 16.1 Å². The van der Waals surface area contributed by atoms with E-state index in [4.69, 9.17) is 5.14 Å². The van der Waals surface area contributed by atoms with Gasteiger partial charge in [-0.3, -0.25) is 0 Å². The Bertz CT molecular complexity index is 637. The average molecular weight is 323 g/mol. The molecule has 0 spiro atoms. The van der Waals surface area contributed by atoms with Crippen LogP contribution in [-0.2, 0) is 16.4 Å². The van der Waals surface area contributed by atoms with Gasteiger partial charge < -0.3 is 10.2 Å².